The summed E-state index contributed by atoms with van der Waals surface area (Å²) in [4.78, 5) is 33.4. The van der Waals surface area contributed by atoms with E-state index in [2.05, 4.69) is 20.4 Å². The molecule has 1 amide bonds. The molecule has 1 aliphatic heterocycles. The monoisotopic (exact) mass is 471 g/mol. The van der Waals surface area contributed by atoms with Gasteiger partial charge in [-0.05, 0) is 18.2 Å². The Morgan fingerprint density at radius 2 is 1.97 bits per heavy atom. The molecule has 1 aromatic carbocycles. The third-order valence-corrected chi connectivity index (χ3v) is 6.13. The Kier molecular flexibility index (Phi) is 4.96. The fourth-order valence-electron chi connectivity index (χ4n) is 3.51. The summed E-state index contributed by atoms with van der Waals surface area (Å²) in [6.07, 6.45) is 1.14. The molecule has 1 fully saturated rings. The first-order chi connectivity index (χ1) is 15.8. The highest BCUT2D eigenvalue weighted by Gasteiger charge is 2.39. The molecule has 1 N–H and O–H groups in total. The van der Waals surface area contributed by atoms with Gasteiger partial charge in [0.05, 0.1) is 33.6 Å². The average Bonchev–Trinajstić information content (AvgIpc) is 3.52. The predicted octanol–water partition coefficient (Wildman–Crippen LogP) is 3.88. The second kappa shape index (κ2) is 7.85. The summed E-state index contributed by atoms with van der Waals surface area (Å²) in [7, 11) is 0. The van der Waals surface area contributed by atoms with E-state index in [0.29, 0.717) is 16.7 Å². The number of nitrogens with zero attached hydrogens (tertiary/aromatic N) is 6. The molecule has 168 valence electrons. The molecule has 0 aliphatic carbocycles. The molecule has 33 heavy (non-hydrogen) atoms. The lowest BCUT2D eigenvalue weighted by Gasteiger charge is -2.17. The van der Waals surface area contributed by atoms with Crippen LogP contribution in [0.1, 0.15) is 16.1 Å². The van der Waals surface area contributed by atoms with E-state index in [9.17, 15) is 23.7 Å². The normalized spacial score (nSPS) is 15.2. The van der Waals surface area contributed by atoms with E-state index in [-0.39, 0.29) is 34.6 Å². The first-order valence-corrected chi connectivity index (χ1v) is 10.6. The van der Waals surface area contributed by atoms with Gasteiger partial charge in [0.1, 0.15) is 5.82 Å². The molecular formula is C20H15F2N7O3S. The van der Waals surface area contributed by atoms with Crippen LogP contribution in [-0.2, 0) is 0 Å². The van der Waals surface area contributed by atoms with Gasteiger partial charge in [-0.1, -0.05) is 29.5 Å². The van der Waals surface area contributed by atoms with Crippen molar-refractivity contribution in [1.82, 2.24) is 19.7 Å². The van der Waals surface area contributed by atoms with E-state index in [1.807, 2.05) is 18.2 Å². The number of alkyl halides is 2. The lowest BCUT2D eigenvalue weighted by atomic mass is 10.3. The van der Waals surface area contributed by atoms with Crippen molar-refractivity contribution in [2.45, 2.75) is 12.3 Å². The molecule has 4 aromatic rings. The molecule has 0 saturated carbocycles. The Hall–Kier alpha value is -4.00. The Balaban J connectivity index is 1.58. The van der Waals surface area contributed by atoms with E-state index in [1.54, 1.807) is 12.1 Å². The number of hydrogen-bond acceptors (Lipinski definition) is 8. The second-order valence-corrected chi connectivity index (χ2v) is 8.44. The van der Waals surface area contributed by atoms with E-state index < -0.39 is 23.3 Å². The number of aromatic nitrogens is 4. The van der Waals surface area contributed by atoms with Crippen LogP contribution in [0.4, 0.5) is 25.5 Å². The predicted molar refractivity (Wildman–Crippen MR) is 117 cm³/mol. The second-order valence-electron chi connectivity index (χ2n) is 7.38. The van der Waals surface area contributed by atoms with Crippen molar-refractivity contribution < 1.29 is 18.5 Å². The lowest BCUT2D eigenvalue weighted by Crippen LogP contribution is -2.27. The van der Waals surface area contributed by atoms with Gasteiger partial charge in [-0.15, -0.1) is 0 Å². The summed E-state index contributed by atoms with van der Waals surface area (Å²) < 4.78 is 29.2. The first kappa shape index (κ1) is 20.9. The molecule has 0 atom stereocenters. The molecule has 4 heterocycles. The number of fused-ring (bicyclic) bond motifs is 1. The Bertz CT molecular complexity index is 1370. The minimum Gasteiger partial charge on any atom is -0.334 e. The maximum absolute atomic E-state index is 13.8. The molecule has 10 nitrogen and oxygen atoms in total. The molecule has 0 radical (unpaired) electrons. The van der Waals surface area contributed by atoms with E-state index >= 15 is 0 Å². The van der Waals surface area contributed by atoms with E-state index in [0.717, 1.165) is 11.3 Å². The SMILES string of the molecule is O=C(Nc1nc(N2CCC(F)(F)C2)nc2c1cnn2-c1ccccc1)c1ccc([N+](=O)[O-])s1. The molecule has 3 aromatic heterocycles. The Morgan fingerprint density at radius 1 is 1.18 bits per heavy atom. The van der Waals surface area contributed by atoms with Crippen LogP contribution in [0.25, 0.3) is 16.7 Å². The summed E-state index contributed by atoms with van der Waals surface area (Å²) in [5, 5.41) is 18.1. The van der Waals surface area contributed by atoms with Crippen LogP contribution in [0.15, 0.2) is 48.7 Å². The standard InChI is InChI=1S/C20H15F2N7O3S/c21-20(22)8-9-27(11-20)19-25-16(24-18(30)14-6-7-15(33-14)29(31)32)13-10-23-28(17(13)26-19)12-4-2-1-3-5-12/h1-7,10H,8-9,11H2,(H,24,25,26,30). The summed E-state index contributed by atoms with van der Waals surface area (Å²) in [6.45, 7) is -0.481. The van der Waals surface area contributed by atoms with Gasteiger partial charge in [-0.3, -0.25) is 14.9 Å². The highest BCUT2D eigenvalue weighted by Crippen LogP contribution is 2.32. The fraction of sp³-hybridized carbons (Fsp3) is 0.200. The van der Waals surface area contributed by atoms with Crippen molar-refractivity contribution in [3.8, 4) is 5.69 Å². The molecule has 13 heteroatoms. The number of nitro groups is 1. The van der Waals surface area contributed by atoms with Crippen molar-refractivity contribution in [3.05, 3.63) is 63.7 Å². The van der Waals surface area contributed by atoms with Gasteiger partial charge >= 0.3 is 5.00 Å². The van der Waals surface area contributed by atoms with Crippen LogP contribution >= 0.6 is 11.3 Å². The van der Waals surface area contributed by atoms with Crippen LogP contribution in [0.2, 0.25) is 0 Å². The zero-order valence-corrected chi connectivity index (χ0v) is 17.6. The zero-order chi connectivity index (χ0) is 23.2. The number of hydrogen-bond donors (Lipinski definition) is 1. The number of benzene rings is 1. The van der Waals surface area contributed by atoms with Gasteiger partial charge in [0.2, 0.25) is 5.95 Å². The number of anilines is 2. The van der Waals surface area contributed by atoms with Crippen LogP contribution < -0.4 is 10.2 Å². The summed E-state index contributed by atoms with van der Waals surface area (Å²) in [5.74, 6) is -3.37. The third-order valence-electron chi connectivity index (χ3n) is 5.10. The van der Waals surface area contributed by atoms with Gasteiger partial charge in [-0.2, -0.15) is 15.1 Å². The number of para-hydroxylation sites is 1. The Morgan fingerprint density at radius 3 is 2.64 bits per heavy atom. The van der Waals surface area contributed by atoms with Crippen LogP contribution in [0.3, 0.4) is 0 Å². The highest BCUT2D eigenvalue weighted by atomic mass is 32.1. The molecule has 0 spiro atoms. The number of carbonyl (C=O) groups is 1. The molecule has 0 unspecified atom stereocenters. The van der Waals surface area contributed by atoms with Crippen molar-refractivity contribution in [3.63, 3.8) is 0 Å². The van der Waals surface area contributed by atoms with E-state index in [4.69, 9.17) is 0 Å². The summed E-state index contributed by atoms with van der Waals surface area (Å²) in [6, 6.07) is 11.7. The molecule has 5 rings (SSSR count). The average molecular weight is 471 g/mol. The Labute approximate surface area is 188 Å². The largest absolute Gasteiger partial charge is 0.334 e. The topological polar surface area (TPSA) is 119 Å². The third kappa shape index (κ3) is 3.98. The van der Waals surface area contributed by atoms with Gasteiger partial charge in [0.15, 0.2) is 5.65 Å². The van der Waals surface area contributed by atoms with Gasteiger partial charge in [0.25, 0.3) is 11.8 Å². The number of carbonyl (C=O) groups excluding carboxylic acids is 1. The highest BCUT2D eigenvalue weighted by molar-refractivity contribution is 7.17. The van der Waals surface area contributed by atoms with Gasteiger partial charge in [0, 0.05) is 19.0 Å². The quantitative estimate of drug-likeness (QED) is 0.346. The van der Waals surface area contributed by atoms with Gasteiger partial charge < -0.3 is 10.2 Å². The smallest absolute Gasteiger partial charge is 0.324 e. The molecule has 0 bridgehead atoms. The van der Waals surface area contributed by atoms with Crippen LogP contribution in [0, 0.1) is 10.1 Å². The van der Waals surface area contributed by atoms with Crippen molar-refractivity contribution >= 4 is 45.0 Å². The first-order valence-electron chi connectivity index (χ1n) is 9.80. The summed E-state index contributed by atoms with van der Waals surface area (Å²) in [5.41, 5.74) is 1.02. The molecular weight excluding hydrogens is 456 g/mol. The van der Waals surface area contributed by atoms with Crippen molar-refractivity contribution in [2.24, 2.45) is 0 Å². The summed E-state index contributed by atoms with van der Waals surface area (Å²) >= 11 is 0.720. The minimum atomic E-state index is -2.86. The maximum atomic E-state index is 13.8. The zero-order valence-electron chi connectivity index (χ0n) is 16.8. The maximum Gasteiger partial charge on any atom is 0.324 e. The number of halogens is 2. The molecule has 1 saturated heterocycles. The van der Waals surface area contributed by atoms with Crippen LogP contribution in [0.5, 0.6) is 0 Å². The molecule has 1 aliphatic rings. The van der Waals surface area contributed by atoms with Crippen molar-refractivity contribution in [1.29, 1.82) is 0 Å². The van der Waals surface area contributed by atoms with Crippen LogP contribution in [-0.4, -0.2) is 49.6 Å². The number of rotatable bonds is 5. The van der Waals surface area contributed by atoms with Crippen molar-refractivity contribution in [2.75, 3.05) is 23.3 Å². The number of thiophene rings is 1. The number of amides is 1. The van der Waals surface area contributed by atoms with E-state index in [1.165, 1.54) is 27.9 Å². The van der Waals surface area contributed by atoms with Gasteiger partial charge in [-0.25, -0.2) is 13.5 Å². The fourth-order valence-corrected chi connectivity index (χ4v) is 4.23. The number of nitrogens with one attached hydrogen (secondary N) is 1. The lowest BCUT2D eigenvalue weighted by molar-refractivity contribution is -0.380. The minimum absolute atomic E-state index is 0.0322.